The molecule has 0 aromatic carbocycles. The number of aryl methyl sites for hydroxylation is 1. The molecule has 3 nitrogen and oxygen atoms in total. The first-order valence-electron chi connectivity index (χ1n) is 2.72. The van der Waals surface area contributed by atoms with E-state index in [1.165, 1.54) is 0 Å². The van der Waals surface area contributed by atoms with Gasteiger partial charge in [0.25, 0.3) is 0 Å². The van der Waals surface area contributed by atoms with Crippen LogP contribution in [0.1, 0.15) is 0 Å². The third-order valence-electron chi connectivity index (χ3n) is 1.14. The molecule has 0 spiro atoms. The molecule has 0 fully saturated rings. The molecule has 2 N–H and O–H groups in total. The number of pyridine rings is 1. The van der Waals surface area contributed by atoms with Crippen LogP contribution in [0, 0.1) is 0 Å². The first-order valence-corrected chi connectivity index (χ1v) is 3.52. The summed E-state index contributed by atoms with van der Waals surface area (Å²) in [5.41, 5.74) is 5.46. The minimum Gasteiger partial charge on any atom is -0.394 e. The van der Waals surface area contributed by atoms with E-state index in [4.69, 9.17) is 5.73 Å². The molecule has 1 rings (SSSR count). The van der Waals surface area contributed by atoms with Crippen LogP contribution in [-0.2, 0) is 7.05 Å². The van der Waals surface area contributed by atoms with Gasteiger partial charge in [-0.3, -0.25) is 4.79 Å². The summed E-state index contributed by atoms with van der Waals surface area (Å²) in [4.78, 5) is 10.9. The van der Waals surface area contributed by atoms with E-state index < -0.39 is 0 Å². The molecular formula is C6H7BrN2O. The molecule has 0 atom stereocenters. The molecule has 0 saturated carbocycles. The Kier molecular flexibility index (Phi) is 1.80. The van der Waals surface area contributed by atoms with Gasteiger partial charge in [-0.15, -0.1) is 0 Å². The lowest BCUT2D eigenvalue weighted by Gasteiger charge is -1.98. The first kappa shape index (κ1) is 7.34. The van der Waals surface area contributed by atoms with E-state index >= 15 is 0 Å². The van der Waals surface area contributed by atoms with Crippen molar-refractivity contribution in [1.82, 2.24) is 4.57 Å². The minimum atomic E-state index is -0.155. The number of halogens is 1. The number of nitrogens with zero attached hydrogens (tertiary/aromatic N) is 1. The summed E-state index contributed by atoms with van der Waals surface area (Å²) in [5.74, 6) is 0. The Morgan fingerprint density at radius 2 is 2.20 bits per heavy atom. The van der Waals surface area contributed by atoms with Crippen LogP contribution in [-0.4, -0.2) is 4.57 Å². The Bertz CT molecular complexity index is 279. The molecule has 0 unspecified atom stereocenters. The number of rotatable bonds is 0. The minimum absolute atomic E-state index is 0.155. The van der Waals surface area contributed by atoms with Crippen molar-refractivity contribution in [1.29, 1.82) is 0 Å². The Morgan fingerprint density at radius 3 is 2.70 bits per heavy atom. The molecule has 0 aliphatic heterocycles. The van der Waals surface area contributed by atoms with Gasteiger partial charge in [-0.25, -0.2) is 0 Å². The van der Waals surface area contributed by atoms with Crippen molar-refractivity contribution in [2.45, 2.75) is 0 Å². The van der Waals surface area contributed by atoms with Crippen molar-refractivity contribution in [3.05, 3.63) is 27.1 Å². The average molecular weight is 203 g/mol. The SMILES string of the molecule is Cn1cc(N)c(=O)c(Br)c1. The standard InChI is InChI=1S/C6H7BrN2O/c1-9-2-4(7)6(10)5(8)3-9/h2-3H,8H2,1H3. The van der Waals surface area contributed by atoms with Gasteiger partial charge in [0, 0.05) is 19.4 Å². The number of hydrogen-bond acceptors (Lipinski definition) is 2. The monoisotopic (exact) mass is 202 g/mol. The zero-order valence-corrected chi connectivity index (χ0v) is 7.05. The molecular weight excluding hydrogens is 196 g/mol. The summed E-state index contributed by atoms with van der Waals surface area (Å²) in [5, 5.41) is 0. The van der Waals surface area contributed by atoms with E-state index in [0.29, 0.717) is 4.47 Å². The molecule has 4 heteroatoms. The maximum absolute atomic E-state index is 10.9. The Morgan fingerprint density at radius 1 is 1.60 bits per heavy atom. The zero-order valence-electron chi connectivity index (χ0n) is 5.47. The van der Waals surface area contributed by atoms with Gasteiger partial charge in [-0.05, 0) is 15.9 Å². The summed E-state index contributed by atoms with van der Waals surface area (Å²) in [6.07, 6.45) is 3.24. The predicted octanol–water partition coefficient (Wildman–Crippen LogP) is 0.730. The lowest BCUT2D eigenvalue weighted by atomic mass is 10.4. The van der Waals surface area contributed by atoms with E-state index in [2.05, 4.69) is 15.9 Å². The number of hydrogen-bond donors (Lipinski definition) is 1. The van der Waals surface area contributed by atoms with Crippen molar-refractivity contribution in [3.8, 4) is 0 Å². The molecule has 1 heterocycles. The van der Waals surface area contributed by atoms with Crippen LogP contribution in [0.2, 0.25) is 0 Å². The van der Waals surface area contributed by atoms with Gasteiger partial charge >= 0.3 is 0 Å². The predicted molar refractivity (Wildman–Crippen MR) is 43.8 cm³/mol. The van der Waals surface area contributed by atoms with Crippen LogP contribution in [0.3, 0.4) is 0 Å². The lowest BCUT2D eigenvalue weighted by Crippen LogP contribution is -2.11. The molecule has 1 aromatic heterocycles. The highest BCUT2D eigenvalue weighted by atomic mass is 79.9. The summed E-state index contributed by atoms with van der Waals surface area (Å²) < 4.78 is 2.22. The van der Waals surface area contributed by atoms with Crippen LogP contribution < -0.4 is 11.2 Å². The van der Waals surface area contributed by atoms with Crippen LogP contribution in [0.4, 0.5) is 5.69 Å². The topological polar surface area (TPSA) is 48.0 Å². The smallest absolute Gasteiger partial charge is 0.218 e. The van der Waals surface area contributed by atoms with E-state index in [-0.39, 0.29) is 11.1 Å². The fourth-order valence-electron chi connectivity index (χ4n) is 0.691. The number of anilines is 1. The quantitative estimate of drug-likeness (QED) is 0.675. The molecule has 0 amide bonds. The van der Waals surface area contributed by atoms with Gasteiger partial charge in [0.1, 0.15) is 0 Å². The summed E-state index contributed by atoms with van der Waals surface area (Å²) >= 11 is 3.08. The summed E-state index contributed by atoms with van der Waals surface area (Å²) in [7, 11) is 1.81. The second kappa shape index (κ2) is 2.46. The van der Waals surface area contributed by atoms with Gasteiger partial charge in [-0.1, -0.05) is 0 Å². The van der Waals surface area contributed by atoms with E-state index in [1.807, 2.05) is 0 Å². The number of nitrogen functional groups attached to an aromatic ring is 1. The zero-order chi connectivity index (χ0) is 7.72. The Hall–Kier alpha value is -0.770. The van der Waals surface area contributed by atoms with Crippen molar-refractivity contribution >= 4 is 21.6 Å². The fourth-order valence-corrected chi connectivity index (χ4v) is 1.24. The van der Waals surface area contributed by atoms with Crippen LogP contribution >= 0.6 is 15.9 Å². The molecule has 0 saturated heterocycles. The molecule has 54 valence electrons. The molecule has 0 aliphatic carbocycles. The molecule has 0 aliphatic rings. The number of aromatic nitrogens is 1. The fraction of sp³-hybridized carbons (Fsp3) is 0.167. The number of nitrogens with two attached hydrogens (primary N) is 1. The second-order valence-electron chi connectivity index (χ2n) is 2.06. The average Bonchev–Trinajstić information content (AvgIpc) is 1.82. The normalized spacial score (nSPS) is 9.80. The second-order valence-corrected chi connectivity index (χ2v) is 2.91. The summed E-state index contributed by atoms with van der Waals surface area (Å²) in [6.45, 7) is 0. The highest BCUT2D eigenvalue weighted by molar-refractivity contribution is 9.10. The first-order chi connectivity index (χ1) is 4.61. The molecule has 0 radical (unpaired) electrons. The highest BCUT2D eigenvalue weighted by Crippen LogP contribution is 2.03. The Labute approximate surface area is 66.6 Å². The van der Waals surface area contributed by atoms with Gasteiger partial charge in [0.2, 0.25) is 5.43 Å². The van der Waals surface area contributed by atoms with E-state index in [0.717, 1.165) is 0 Å². The van der Waals surface area contributed by atoms with Crippen LogP contribution in [0.5, 0.6) is 0 Å². The van der Waals surface area contributed by atoms with Crippen LogP contribution in [0.15, 0.2) is 21.7 Å². The largest absolute Gasteiger partial charge is 0.394 e. The Balaban J connectivity index is 3.46. The van der Waals surface area contributed by atoms with Gasteiger partial charge in [0.15, 0.2) is 0 Å². The third-order valence-corrected chi connectivity index (χ3v) is 1.70. The summed E-state index contributed by atoms with van der Waals surface area (Å²) in [6, 6.07) is 0. The van der Waals surface area contributed by atoms with Gasteiger partial charge in [-0.2, -0.15) is 0 Å². The van der Waals surface area contributed by atoms with Crippen molar-refractivity contribution in [2.24, 2.45) is 7.05 Å². The molecule has 10 heavy (non-hydrogen) atoms. The van der Waals surface area contributed by atoms with Crippen LogP contribution in [0.25, 0.3) is 0 Å². The molecule has 0 bridgehead atoms. The van der Waals surface area contributed by atoms with Gasteiger partial charge in [0.05, 0.1) is 10.2 Å². The molecule has 1 aromatic rings. The highest BCUT2D eigenvalue weighted by Gasteiger charge is 1.98. The maximum Gasteiger partial charge on any atom is 0.218 e. The van der Waals surface area contributed by atoms with E-state index in [1.54, 1.807) is 24.0 Å². The van der Waals surface area contributed by atoms with Crippen molar-refractivity contribution in [2.75, 3.05) is 5.73 Å². The van der Waals surface area contributed by atoms with E-state index in [9.17, 15) is 4.79 Å². The third kappa shape index (κ3) is 1.21. The lowest BCUT2D eigenvalue weighted by molar-refractivity contribution is 0.897. The van der Waals surface area contributed by atoms with Crippen molar-refractivity contribution < 1.29 is 0 Å². The van der Waals surface area contributed by atoms with Crippen molar-refractivity contribution in [3.63, 3.8) is 0 Å². The maximum atomic E-state index is 10.9. The van der Waals surface area contributed by atoms with Gasteiger partial charge < -0.3 is 10.3 Å².